The summed E-state index contributed by atoms with van der Waals surface area (Å²) >= 11 is 0. The summed E-state index contributed by atoms with van der Waals surface area (Å²) in [4.78, 5) is 4.58. The highest BCUT2D eigenvalue weighted by molar-refractivity contribution is 6.00. The maximum atomic E-state index is 9.13. The van der Waals surface area contributed by atoms with Gasteiger partial charge < -0.3 is 4.57 Å². The highest BCUT2D eigenvalue weighted by Gasteiger charge is 2.30. The van der Waals surface area contributed by atoms with Gasteiger partial charge in [0.25, 0.3) is 0 Å². The average molecular weight is 414 g/mol. The van der Waals surface area contributed by atoms with Crippen molar-refractivity contribution in [3.8, 4) is 16.9 Å². The van der Waals surface area contributed by atoms with E-state index in [1.165, 1.54) is 0 Å². The van der Waals surface area contributed by atoms with E-state index in [-0.39, 0.29) is 11.5 Å². The molecule has 0 atom stereocenters. The second-order valence-corrected chi connectivity index (χ2v) is 8.99. The molecule has 31 heavy (non-hydrogen) atoms. The van der Waals surface area contributed by atoms with Crippen molar-refractivity contribution in [2.75, 3.05) is 0 Å². The standard InChI is InChI=1S/C28H30N3/c1-18-17-30(3)25(15-21(18)14-20-8-4-5-9-20)27-19(2)22-10-6-7-11-23(22)28-24(27)16-26-29-12-13-31(26)28/h6-7,10-13,15,17,20H,4-5,8-9,14,16H2,1-3H3/q+1/i1D3,14D2. The zero-order valence-corrected chi connectivity index (χ0v) is 18.1. The van der Waals surface area contributed by atoms with E-state index in [0.717, 1.165) is 70.4 Å². The number of aryl methyl sites for hydroxylation is 3. The molecule has 6 rings (SSSR count). The zero-order chi connectivity index (χ0) is 25.4. The molecule has 156 valence electrons. The van der Waals surface area contributed by atoms with Gasteiger partial charge in [-0.05, 0) is 48.1 Å². The van der Waals surface area contributed by atoms with Gasteiger partial charge in [0.1, 0.15) is 12.9 Å². The Hall–Kier alpha value is -2.94. The molecule has 3 nitrogen and oxygen atoms in total. The minimum atomic E-state index is -2.40. The molecule has 2 aliphatic rings. The first-order chi connectivity index (χ1) is 17.1. The summed E-state index contributed by atoms with van der Waals surface area (Å²) in [6.45, 7) is -0.289. The molecule has 1 saturated carbocycles. The van der Waals surface area contributed by atoms with E-state index in [4.69, 9.17) is 6.85 Å². The van der Waals surface area contributed by atoms with Crippen LogP contribution in [-0.4, -0.2) is 9.55 Å². The molecule has 2 aromatic heterocycles. The Balaban J connectivity index is 1.67. The smallest absolute Gasteiger partial charge is 0.213 e. The summed E-state index contributed by atoms with van der Waals surface area (Å²) in [5.41, 5.74) is 5.66. The summed E-state index contributed by atoms with van der Waals surface area (Å²) in [6.07, 6.45) is 7.97. The Bertz CT molecular complexity index is 1510. The number of nitrogens with zero attached hydrogens (tertiary/aromatic N) is 3. The van der Waals surface area contributed by atoms with E-state index in [9.17, 15) is 0 Å². The molecule has 0 amide bonds. The van der Waals surface area contributed by atoms with Crippen molar-refractivity contribution in [3.63, 3.8) is 0 Å². The fourth-order valence-electron chi connectivity index (χ4n) is 5.59. The lowest BCUT2D eigenvalue weighted by atomic mass is 9.88. The van der Waals surface area contributed by atoms with Crippen LogP contribution >= 0.6 is 0 Å². The Morgan fingerprint density at radius 3 is 2.84 bits per heavy atom. The van der Waals surface area contributed by atoms with Crippen LogP contribution in [-0.2, 0) is 19.8 Å². The fraction of sp³-hybridized carbons (Fsp3) is 0.357. The van der Waals surface area contributed by atoms with Crippen LogP contribution in [0.4, 0.5) is 0 Å². The van der Waals surface area contributed by atoms with Crippen LogP contribution < -0.4 is 4.57 Å². The largest absolute Gasteiger partial charge is 0.303 e. The molecule has 0 bridgehead atoms. The zero-order valence-electron chi connectivity index (χ0n) is 23.1. The Morgan fingerprint density at radius 1 is 1.23 bits per heavy atom. The van der Waals surface area contributed by atoms with Crippen molar-refractivity contribution in [3.05, 3.63) is 77.0 Å². The number of hydrogen-bond donors (Lipinski definition) is 0. The van der Waals surface area contributed by atoms with Crippen molar-refractivity contribution in [1.29, 1.82) is 0 Å². The van der Waals surface area contributed by atoms with E-state index in [1.54, 1.807) is 6.20 Å². The molecule has 1 aliphatic carbocycles. The highest BCUT2D eigenvalue weighted by Crippen LogP contribution is 2.42. The second-order valence-electron chi connectivity index (χ2n) is 8.99. The number of imidazole rings is 1. The third-order valence-electron chi connectivity index (χ3n) is 7.09. The van der Waals surface area contributed by atoms with Crippen LogP contribution in [0, 0.1) is 19.7 Å². The number of aromatic nitrogens is 3. The maximum Gasteiger partial charge on any atom is 0.213 e. The van der Waals surface area contributed by atoms with Gasteiger partial charge in [0.2, 0.25) is 5.69 Å². The second kappa shape index (κ2) is 7.05. The molecule has 3 heterocycles. The minimum Gasteiger partial charge on any atom is -0.303 e. The minimum absolute atomic E-state index is 0.105. The highest BCUT2D eigenvalue weighted by atomic mass is 15.1. The molecular weight excluding hydrogens is 378 g/mol. The van der Waals surface area contributed by atoms with E-state index >= 15 is 0 Å². The number of pyridine rings is 1. The van der Waals surface area contributed by atoms with Crippen LogP contribution in [0.5, 0.6) is 0 Å². The predicted octanol–water partition coefficient (Wildman–Crippen LogP) is 5.77. The van der Waals surface area contributed by atoms with Crippen LogP contribution in [0.1, 0.15) is 60.6 Å². The Labute approximate surface area is 191 Å². The van der Waals surface area contributed by atoms with Gasteiger partial charge in [0.15, 0.2) is 6.20 Å². The van der Waals surface area contributed by atoms with E-state index in [1.807, 2.05) is 36.1 Å². The first-order valence-electron chi connectivity index (χ1n) is 13.7. The molecule has 0 saturated heterocycles. The fourth-order valence-corrected chi connectivity index (χ4v) is 5.59. The molecule has 0 radical (unpaired) electrons. The molecule has 0 unspecified atom stereocenters. The third kappa shape index (κ3) is 2.86. The average Bonchev–Trinajstić information content (AvgIpc) is 3.57. The van der Waals surface area contributed by atoms with Crippen molar-refractivity contribution < 1.29 is 11.4 Å². The predicted molar refractivity (Wildman–Crippen MR) is 126 cm³/mol. The molecule has 2 aromatic carbocycles. The molecule has 1 aliphatic heterocycles. The maximum absolute atomic E-state index is 9.13. The lowest BCUT2D eigenvalue weighted by molar-refractivity contribution is -0.660. The monoisotopic (exact) mass is 413 g/mol. The van der Waals surface area contributed by atoms with Gasteiger partial charge in [0.05, 0.1) is 11.3 Å². The van der Waals surface area contributed by atoms with Gasteiger partial charge in [-0.25, -0.2) is 9.55 Å². The Kier molecular flexibility index (Phi) is 3.23. The lowest BCUT2D eigenvalue weighted by Crippen LogP contribution is -2.32. The summed E-state index contributed by atoms with van der Waals surface area (Å²) < 4.78 is 46.9. The number of rotatable bonds is 3. The van der Waals surface area contributed by atoms with Crippen molar-refractivity contribution in [2.45, 2.75) is 52.3 Å². The molecule has 3 heteroatoms. The quantitative estimate of drug-likeness (QED) is 0.344. The molecule has 4 aromatic rings. The van der Waals surface area contributed by atoms with Crippen molar-refractivity contribution in [2.24, 2.45) is 13.0 Å². The number of fused-ring (bicyclic) bond motifs is 5. The normalized spacial score (nSPS) is 18.8. The number of hydrogen-bond acceptors (Lipinski definition) is 1. The van der Waals surface area contributed by atoms with Crippen LogP contribution in [0.2, 0.25) is 0 Å². The topological polar surface area (TPSA) is 21.7 Å². The van der Waals surface area contributed by atoms with Crippen LogP contribution in [0.25, 0.3) is 27.7 Å². The number of benzene rings is 2. The van der Waals surface area contributed by atoms with Gasteiger partial charge in [-0.15, -0.1) is 0 Å². The molecule has 0 N–H and O–H groups in total. The molecular formula is C28H30N3+. The third-order valence-corrected chi connectivity index (χ3v) is 7.09. The van der Waals surface area contributed by atoms with Crippen LogP contribution in [0.15, 0.2) is 48.9 Å². The van der Waals surface area contributed by atoms with Crippen molar-refractivity contribution >= 4 is 10.8 Å². The van der Waals surface area contributed by atoms with Gasteiger partial charge in [-0.2, -0.15) is 0 Å². The summed E-state index contributed by atoms with van der Waals surface area (Å²) in [6, 6.07) is 10.2. The Morgan fingerprint density at radius 2 is 2.03 bits per heavy atom. The summed E-state index contributed by atoms with van der Waals surface area (Å²) in [7, 11) is 1.87. The SMILES string of the molecule is [2H]C([2H])([2H])c1c[n+](C)c(-c2c3c(c4ccccc4c2C)-n2ccnc2C3)cc1C([2H])([2H])C1CCCC1. The first kappa shape index (κ1) is 14.2. The van der Waals surface area contributed by atoms with Gasteiger partial charge in [-0.1, -0.05) is 49.9 Å². The van der Waals surface area contributed by atoms with E-state index in [2.05, 4.69) is 34.7 Å². The van der Waals surface area contributed by atoms with Gasteiger partial charge in [-0.3, -0.25) is 0 Å². The first-order valence-corrected chi connectivity index (χ1v) is 11.2. The van der Waals surface area contributed by atoms with Gasteiger partial charge >= 0.3 is 0 Å². The lowest BCUT2D eigenvalue weighted by Gasteiger charge is -2.17. The van der Waals surface area contributed by atoms with E-state index < -0.39 is 13.2 Å². The summed E-state index contributed by atoms with van der Waals surface area (Å²) in [5, 5.41) is 2.29. The molecule has 1 fully saturated rings. The van der Waals surface area contributed by atoms with Crippen molar-refractivity contribution in [1.82, 2.24) is 9.55 Å². The molecule has 0 spiro atoms. The summed E-state index contributed by atoms with van der Waals surface area (Å²) in [5.74, 6) is 0.804. The van der Waals surface area contributed by atoms with E-state index in [0.29, 0.717) is 12.0 Å². The van der Waals surface area contributed by atoms with Gasteiger partial charge in [0, 0.05) is 42.7 Å². The van der Waals surface area contributed by atoms with Crippen LogP contribution in [0.3, 0.4) is 0 Å².